The molecule has 0 aliphatic carbocycles. The van der Waals surface area contributed by atoms with Gasteiger partial charge in [0.25, 0.3) is 0 Å². The second-order valence-electron chi connectivity index (χ2n) is 5.84. The molecule has 0 spiro atoms. The van der Waals surface area contributed by atoms with Gasteiger partial charge in [0.15, 0.2) is 0 Å². The number of nitrogens with zero attached hydrogens (tertiary/aromatic N) is 1. The molecule has 1 aromatic carbocycles. The Labute approximate surface area is 129 Å². The summed E-state index contributed by atoms with van der Waals surface area (Å²) in [6, 6.07) is 6.33. The molecule has 2 atom stereocenters. The average molecular weight is 313 g/mol. The summed E-state index contributed by atoms with van der Waals surface area (Å²) in [5, 5.41) is 3.93. The molecule has 1 amide bonds. The lowest BCUT2D eigenvalue weighted by Gasteiger charge is -2.35. The van der Waals surface area contributed by atoms with Gasteiger partial charge in [-0.05, 0) is 50.9 Å². The Morgan fingerprint density at radius 3 is 2.45 bits per heavy atom. The number of rotatable bonds is 2. The van der Waals surface area contributed by atoms with Gasteiger partial charge in [0, 0.05) is 23.7 Å². The van der Waals surface area contributed by atoms with Crippen molar-refractivity contribution < 1.29 is 4.79 Å². The van der Waals surface area contributed by atoms with Crippen LogP contribution in [-0.2, 0) is 4.79 Å². The lowest BCUT2D eigenvalue weighted by atomic mass is 9.90. The van der Waals surface area contributed by atoms with E-state index < -0.39 is 0 Å². The number of anilines is 1. The van der Waals surface area contributed by atoms with Gasteiger partial charge >= 0.3 is 0 Å². The molecule has 5 heteroatoms. The van der Waals surface area contributed by atoms with Crippen LogP contribution in [0.5, 0.6) is 0 Å². The second kappa shape index (κ2) is 5.55. The van der Waals surface area contributed by atoms with Gasteiger partial charge in [-0.25, -0.2) is 0 Å². The third-order valence-corrected chi connectivity index (χ3v) is 5.40. The van der Waals surface area contributed by atoms with Crippen LogP contribution in [0, 0.1) is 5.92 Å². The van der Waals surface area contributed by atoms with Crippen molar-refractivity contribution in [1.82, 2.24) is 4.90 Å². The first kappa shape index (κ1) is 14.2. The van der Waals surface area contributed by atoms with E-state index in [1.165, 1.54) is 12.8 Å². The number of hydrogen-bond acceptors (Lipinski definition) is 2. The zero-order valence-corrected chi connectivity index (χ0v) is 12.9. The van der Waals surface area contributed by atoms with Gasteiger partial charge in [-0.1, -0.05) is 23.2 Å². The van der Waals surface area contributed by atoms with E-state index >= 15 is 0 Å². The molecule has 2 fully saturated rings. The van der Waals surface area contributed by atoms with Crippen LogP contribution < -0.4 is 5.32 Å². The van der Waals surface area contributed by atoms with Crippen LogP contribution in [0.15, 0.2) is 18.2 Å². The van der Waals surface area contributed by atoms with Gasteiger partial charge in [-0.15, -0.1) is 0 Å². The fraction of sp³-hybridized carbons (Fsp3) is 0.533. The molecule has 0 radical (unpaired) electrons. The molecule has 0 aromatic heterocycles. The van der Waals surface area contributed by atoms with E-state index in [-0.39, 0.29) is 11.8 Å². The number of hydrogen-bond donors (Lipinski definition) is 1. The Morgan fingerprint density at radius 2 is 1.85 bits per heavy atom. The summed E-state index contributed by atoms with van der Waals surface area (Å²) < 4.78 is 0. The fourth-order valence-electron chi connectivity index (χ4n) is 3.44. The number of amides is 1. The number of halogens is 2. The molecule has 2 bridgehead atoms. The van der Waals surface area contributed by atoms with E-state index in [2.05, 4.69) is 17.3 Å². The fourth-order valence-corrected chi connectivity index (χ4v) is 3.74. The van der Waals surface area contributed by atoms with Crippen molar-refractivity contribution in [1.29, 1.82) is 0 Å². The first-order valence-electron chi connectivity index (χ1n) is 7.02. The van der Waals surface area contributed by atoms with Crippen LogP contribution >= 0.6 is 23.2 Å². The van der Waals surface area contributed by atoms with E-state index in [1.807, 2.05) is 0 Å². The van der Waals surface area contributed by atoms with E-state index in [0.717, 1.165) is 18.5 Å². The summed E-state index contributed by atoms with van der Waals surface area (Å²) in [4.78, 5) is 14.8. The number of benzene rings is 1. The summed E-state index contributed by atoms with van der Waals surface area (Å²) in [7, 11) is 2.18. The van der Waals surface area contributed by atoms with Gasteiger partial charge in [0.1, 0.15) is 0 Å². The number of carbonyl (C=O) groups is 1. The molecule has 20 heavy (non-hydrogen) atoms. The third-order valence-electron chi connectivity index (χ3n) is 4.66. The van der Waals surface area contributed by atoms with Gasteiger partial charge < -0.3 is 10.2 Å². The lowest BCUT2D eigenvalue weighted by Crippen LogP contribution is -2.43. The predicted molar refractivity (Wildman–Crippen MR) is 82.4 cm³/mol. The smallest absolute Gasteiger partial charge is 0.227 e. The van der Waals surface area contributed by atoms with Crippen molar-refractivity contribution in [2.75, 3.05) is 12.4 Å². The molecule has 3 rings (SSSR count). The number of piperidine rings is 1. The van der Waals surface area contributed by atoms with E-state index in [0.29, 0.717) is 22.1 Å². The summed E-state index contributed by atoms with van der Waals surface area (Å²) in [5.41, 5.74) is 0.718. The molecule has 1 N–H and O–H groups in total. The van der Waals surface area contributed by atoms with Crippen molar-refractivity contribution in [3.05, 3.63) is 28.2 Å². The molecule has 1 aromatic rings. The number of nitrogens with one attached hydrogen (secondary N) is 1. The molecule has 2 unspecified atom stereocenters. The lowest BCUT2D eigenvalue weighted by molar-refractivity contribution is -0.122. The van der Waals surface area contributed by atoms with E-state index in [9.17, 15) is 4.79 Å². The van der Waals surface area contributed by atoms with Gasteiger partial charge in [0.05, 0.1) is 10.0 Å². The van der Waals surface area contributed by atoms with Crippen LogP contribution in [0.3, 0.4) is 0 Å². The molecular weight excluding hydrogens is 295 g/mol. The van der Waals surface area contributed by atoms with Gasteiger partial charge in [0.2, 0.25) is 5.91 Å². The quantitative estimate of drug-likeness (QED) is 0.900. The van der Waals surface area contributed by atoms with Crippen LogP contribution in [0.2, 0.25) is 10.0 Å². The summed E-state index contributed by atoms with van der Waals surface area (Å²) >= 11 is 11.8. The number of fused-ring (bicyclic) bond motifs is 2. The zero-order chi connectivity index (χ0) is 14.3. The van der Waals surface area contributed by atoms with Crippen LogP contribution in [0.1, 0.15) is 25.7 Å². The highest BCUT2D eigenvalue weighted by Gasteiger charge is 2.40. The van der Waals surface area contributed by atoms with Crippen molar-refractivity contribution in [2.45, 2.75) is 37.8 Å². The van der Waals surface area contributed by atoms with Crippen LogP contribution in [-0.4, -0.2) is 29.9 Å². The maximum atomic E-state index is 12.4. The minimum atomic E-state index is 0.105. The Balaban J connectivity index is 1.66. The topological polar surface area (TPSA) is 32.3 Å². The minimum Gasteiger partial charge on any atom is -0.326 e. The predicted octanol–water partition coefficient (Wildman–Crippen LogP) is 3.80. The van der Waals surface area contributed by atoms with E-state index in [1.54, 1.807) is 18.2 Å². The maximum Gasteiger partial charge on any atom is 0.227 e. The van der Waals surface area contributed by atoms with Crippen LogP contribution in [0.4, 0.5) is 5.69 Å². The van der Waals surface area contributed by atoms with Gasteiger partial charge in [-0.2, -0.15) is 0 Å². The van der Waals surface area contributed by atoms with Crippen LogP contribution in [0.25, 0.3) is 0 Å². The first-order valence-corrected chi connectivity index (χ1v) is 7.78. The summed E-state index contributed by atoms with van der Waals surface area (Å²) in [6.45, 7) is 0. The molecule has 2 saturated heterocycles. The molecule has 3 nitrogen and oxygen atoms in total. The molecule has 2 aliphatic heterocycles. The van der Waals surface area contributed by atoms with Crippen molar-refractivity contribution in [3.8, 4) is 0 Å². The third kappa shape index (κ3) is 2.67. The molecule has 108 valence electrons. The zero-order valence-electron chi connectivity index (χ0n) is 11.4. The summed E-state index contributed by atoms with van der Waals surface area (Å²) in [6.07, 6.45) is 4.36. The Bertz CT molecular complexity index is 521. The SMILES string of the molecule is CN1C2CCC1CC(C(=O)Nc1ccc(Cl)c(Cl)c1)C2. The average Bonchev–Trinajstić information content (AvgIpc) is 2.65. The molecule has 0 saturated carbocycles. The highest BCUT2D eigenvalue weighted by molar-refractivity contribution is 6.42. The Hall–Kier alpha value is -0.770. The Kier molecular flexibility index (Phi) is 3.93. The molecule has 2 aliphatic rings. The van der Waals surface area contributed by atoms with Crippen molar-refractivity contribution >= 4 is 34.8 Å². The normalized spacial score (nSPS) is 29.4. The van der Waals surface area contributed by atoms with Crippen molar-refractivity contribution in [3.63, 3.8) is 0 Å². The maximum absolute atomic E-state index is 12.4. The molecular formula is C15H18Cl2N2O. The first-order chi connectivity index (χ1) is 9.54. The largest absolute Gasteiger partial charge is 0.326 e. The van der Waals surface area contributed by atoms with Gasteiger partial charge in [-0.3, -0.25) is 4.79 Å². The number of carbonyl (C=O) groups excluding carboxylic acids is 1. The Morgan fingerprint density at radius 1 is 1.20 bits per heavy atom. The standard InChI is InChI=1S/C15H18Cl2N2O/c1-19-11-3-4-12(19)7-9(6-11)15(20)18-10-2-5-13(16)14(17)8-10/h2,5,8-9,11-12H,3-4,6-7H2,1H3,(H,18,20). The molecule has 2 heterocycles. The minimum absolute atomic E-state index is 0.105. The second-order valence-corrected chi connectivity index (χ2v) is 6.65. The van der Waals surface area contributed by atoms with E-state index in [4.69, 9.17) is 23.2 Å². The monoisotopic (exact) mass is 312 g/mol. The summed E-state index contributed by atoms with van der Waals surface area (Å²) in [5.74, 6) is 0.214. The highest BCUT2D eigenvalue weighted by atomic mass is 35.5. The highest BCUT2D eigenvalue weighted by Crippen LogP contribution is 2.38. The van der Waals surface area contributed by atoms with Crippen molar-refractivity contribution in [2.24, 2.45) is 5.92 Å².